The molecule has 0 bridgehead atoms. The van der Waals surface area contributed by atoms with Crippen LogP contribution in [0.4, 0.5) is 0 Å². The molecular weight excluding hydrogens is 295 g/mol. The number of sulfonamides is 1. The number of nitrogens with zero attached hydrogens (tertiary/aromatic N) is 1. The van der Waals surface area contributed by atoms with E-state index in [0.717, 1.165) is 0 Å². The van der Waals surface area contributed by atoms with Gasteiger partial charge in [-0.2, -0.15) is 5.26 Å². The van der Waals surface area contributed by atoms with E-state index in [1.54, 1.807) is 19.1 Å². The minimum atomic E-state index is -3.52. The van der Waals surface area contributed by atoms with Crippen molar-refractivity contribution in [2.45, 2.75) is 25.1 Å². The van der Waals surface area contributed by atoms with Gasteiger partial charge in [0.05, 0.1) is 18.2 Å². The number of nitrogens with one attached hydrogen (secondary N) is 1. The Labute approximate surface area is 117 Å². The van der Waals surface area contributed by atoms with Crippen LogP contribution in [0.1, 0.15) is 18.9 Å². The molecule has 0 fully saturated rings. The molecule has 0 radical (unpaired) electrons. The second-order valence-corrected chi connectivity index (χ2v) is 6.47. The topological polar surface area (TPSA) is 70.0 Å². The molecule has 1 rings (SSSR count). The first-order valence-corrected chi connectivity index (χ1v) is 7.56. The van der Waals surface area contributed by atoms with Crippen molar-refractivity contribution < 1.29 is 8.42 Å². The lowest BCUT2D eigenvalue weighted by atomic mass is 10.2. The van der Waals surface area contributed by atoms with E-state index in [0.29, 0.717) is 15.6 Å². The van der Waals surface area contributed by atoms with Crippen LogP contribution in [0.3, 0.4) is 0 Å². The summed E-state index contributed by atoms with van der Waals surface area (Å²) in [6, 6.07) is 6.12. The largest absolute Gasteiger partial charge is 0.216 e. The maximum absolute atomic E-state index is 11.8. The highest BCUT2D eigenvalue weighted by Crippen LogP contribution is 2.22. The van der Waals surface area contributed by atoms with Gasteiger partial charge in [0.15, 0.2) is 0 Å². The van der Waals surface area contributed by atoms with E-state index in [1.807, 2.05) is 6.07 Å². The first kappa shape index (κ1) is 15.3. The van der Waals surface area contributed by atoms with Crippen molar-refractivity contribution in [1.82, 2.24) is 4.72 Å². The van der Waals surface area contributed by atoms with Crippen LogP contribution in [0.5, 0.6) is 0 Å². The van der Waals surface area contributed by atoms with Crippen LogP contribution in [0.2, 0.25) is 10.0 Å². The number of rotatable bonds is 5. The monoisotopic (exact) mass is 306 g/mol. The van der Waals surface area contributed by atoms with Crippen molar-refractivity contribution >= 4 is 33.2 Å². The van der Waals surface area contributed by atoms with Gasteiger partial charge in [-0.15, -0.1) is 0 Å². The Bertz CT molecular complexity index is 567. The lowest BCUT2D eigenvalue weighted by Crippen LogP contribution is -2.33. The van der Waals surface area contributed by atoms with E-state index in [4.69, 9.17) is 28.5 Å². The van der Waals surface area contributed by atoms with Crippen LogP contribution < -0.4 is 4.72 Å². The van der Waals surface area contributed by atoms with Gasteiger partial charge in [0.1, 0.15) is 0 Å². The summed E-state index contributed by atoms with van der Waals surface area (Å²) in [7, 11) is -3.52. The molecule has 0 aliphatic heterocycles. The van der Waals surface area contributed by atoms with Gasteiger partial charge in [-0.25, -0.2) is 13.1 Å². The summed E-state index contributed by atoms with van der Waals surface area (Å²) in [5, 5.41) is 9.23. The second-order valence-electron chi connectivity index (χ2n) is 3.88. The van der Waals surface area contributed by atoms with Crippen molar-refractivity contribution in [3.8, 4) is 6.07 Å². The molecule has 0 aliphatic carbocycles. The highest BCUT2D eigenvalue weighted by Gasteiger charge is 2.16. The Hall–Kier alpha value is -0.800. The molecule has 7 heteroatoms. The van der Waals surface area contributed by atoms with Gasteiger partial charge in [0.2, 0.25) is 10.0 Å². The smallest absolute Gasteiger partial charge is 0.212 e. The fraction of sp³-hybridized carbons (Fsp3) is 0.364. The van der Waals surface area contributed by atoms with E-state index in [1.165, 1.54) is 6.07 Å². The maximum Gasteiger partial charge on any atom is 0.216 e. The van der Waals surface area contributed by atoms with Crippen LogP contribution in [-0.4, -0.2) is 14.5 Å². The number of hydrogen-bond donors (Lipinski definition) is 1. The lowest BCUT2D eigenvalue weighted by Gasteiger charge is -2.11. The van der Waals surface area contributed by atoms with Gasteiger partial charge in [-0.1, -0.05) is 29.3 Å². The van der Waals surface area contributed by atoms with Crippen molar-refractivity contribution in [3.63, 3.8) is 0 Å². The molecule has 4 nitrogen and oxygen atoms in total. The highest BCUT2D eigenvalue weighted by atomic mass is 35.5. The normalized spacial score (nSPS) is 13.0. The van der Waals surface area contributed by atoms with Gasteiger partial charge in [-0.05, 0) is 24.6 Å². The zero-order valence-corrected chi connectivity index (χ0v) is 12.0. The average Bonchev–Trinajstić information content (AvgIpc) is 2.21. The molecule has 1 aromatic carbocycles. The quantitative estimate of drug-likeness (QED) is 0.909. The molecule has 1 aromatic rings. The fourth-order valence-electron chi connectivity index (χ4n) is 1.37. The average molecular weight is 307 g/mol. The predicted molar refractivity (Wildman–Crippen MR) is 71.9 cm³/mol. The molecule has 0 spiro atoms. The van der Waals surface area contributed by atoms with E-state index in [2.05, 4.69) is 4.72 Å². The number of nitriles is 1. The molecule has 0 unspecified atom stereocenters. The lowest BCUT2D eigenvalue weighted by molar-refractivity contribution is 0.562. The maximum atomic E-state index is 11.8. The second kappa shape index (κ2) is 6.39. The summed E-state index contributed by atoms with van der Waals surface area (Å²) in [6.07, 6.45) is 0.119. The molecule has 0 saturated carbocycles. The van der Waals surface area contributed by atoms with Crippen molar-refractivity contribution in [2.24, 2.45) is 0 Å². The Morgan fingerprint density at radius 1 is 1.44 bits per heavy atom. The van der Waals surface area contributed by atoms with E-state index >= 15 is 0 Å². The molecule has 1 N–H and O–H groups in total. The first-order valence-electron chi connectivity index (χ1n) is 5.15. The standard InChI is InChI=1S/C11H12Cl2N2O2S/c1-8(4-5-14)15-18(16,17)7-9-2-3-10(12)6-11(9)13/h2-3,6,8,15H,4,7H2,1H3/t8-/m0/s1. The van der Waals surface area contributed by atoms with E-state index in [9.17, 15) is 8.42 Å². The molecule has 0 aromatic heterocycles. The minimum Gasteiger partial charge on any atom is -0.212 e. The molecule has 1 atom stereocenters. The van der Waals surface area contributed by atoms with Crippen LogP contribution >= 0.6 is 23.2 Å². The first-order chi connectivity index (χ1) is 8.34. The molecule has 0 aliphatic rings. The SMILES string of the molecule is C[C@@H](CC#N)NS(=O)(=O)Cc1ccc(Cl)cc1Cl. The van der Waals surface area contributed by atoms with Crippen LogP contribution in [-0.2, 0) is 15.8 Å². The molecule has 18 heavy (non-hydrogen) atoms. The minimum absolute atomic E-state index is 0.119. The number of benzene rings is 1. The predicted octanol–water partition coefficient (Wildman–Crippen LogP) is 2.71. The van der Waals surface area contributed by atoms with Crippen LogP contribution in [0.15, 0.2) is 18.2 Å². The summed E-state index contributed by atoms with van der Waals surface area (Å²) in [4.78, 5) is 0. The molecule has 0 amide bonds. The highest BCUT2D eigenvalue weighted by molar-refractivity contribution is 7.88. The zero-order chi connectivity index (χ0) is 13.8. The van der Waals surface area contributed by atoms with Crippen molar-refractivity contribution in [3.05, 3.63) is 33.8 Å². The van der Waals surface area contributed by atoms with Gasteiger partial charge in [-0.3, -0.25) is 0 Å². The third-order valence-corrected chi connectivity index (χ3v) is 4.18. The van der Waals surface area contributed by atoms with Crippen molar-refractivity contribution in [1.29, 1.82) is 5.26 Å². The summed E-state index contributed by atoms with van der Waals surface area (Å²) in [5.74, 6) is -0.237. The summed E-state index contributed by atoms with van der Waals surface area (Å²) in [5.41, 5.74) is 0.470. The molecule has 0 saturated heterocycles. The number of hydrogen-bond acceptors (Lipinski definition) is 3. The summed E-state index contributed by atoms with van der Waals surface area (Å²) < 4.78 is 26.0. The summed E-state index contributed by atoms with van der Waals surface area (Å²) in [6.45, 7) is 1.63. The van der Waals surface area contributed by atoms with Gasteiger partial charge < -0.3 is 0 Å². The zero-order valence-electron chi connectivity index (χ0n) is 9.65. The van der Waals surface area contributed by atoms with Crippen molar-refractivity contribution in [2.75, 3.05) is 0 Å². The Morgan fingerprint density at radius 3 is 2.67 bits per heavy atom. The molecular formula is C11H12Cl2N2O2S. The molecule has 0 heterocycles. The van der Waals surface area contributed by atoms with Gasteiger partial charge in [0, 0.05) is 16.1 Å². The Kier molecular flexibility index (Phi) is 5.42. The Balaban J connectivity index is 2.80. The fourth-order valence-corrected chi connectivity index (χ4v) is 3.37. The summed E-state index contributed by atoms with van der Waals surface area (Å²) >= 11 is 11.6. The third kappa shape index (κ3) is 4.83. The van der Waals surface area contributed by atoms with Crippen LogP contribution in [0.25, 0.3) is 0 Å². The number of halogens is 2. The van der Waals surface area contributed by atoms with Gasteiger partial charge in [0.25, 0.3) is 0 Å². The Morgan fingerprint density at radius 2 is 2.11 bits per heavy atom. The third-order valence-electron chi connectivity index (χ3n) is 2.14. The van der Waals surface area contributed by atoms with Crippen LogP contribution in [0, 0.1) is 11.3 Å². The molecule has 98 valence electrons. The van der Waals surface area contributed by atoms with E-state index in [-0.39, 0.29) is 12.2 Å². The van der Waals surface area contributed by atoms with Gasteiger partial charge >= 0.3 is 0 Å². The van der Waals surface area contributed by atoms with E-state index < -0.39 is 16.1 Å².